The van der Waals surface area contributed by atoms with Crippen LogP contribution < -0.4 is 0 Å². The molecule has 0 radical (unpaired) electrons. The second-order valence-electron chi connectivity index (χ2n) is 18.2. The van der Waals surface area contributed by atoms with Crippen LogP contribution in [-0.4, -0.2) is 268 Å². The summed E-state index contributed by atoms with van der Waals surface area (Å²) in [6.07, 6.45) is 0.209. The first kappa shape index (κ1) is 59.4. The van der Waals surface area contributed by atoms with Crippen LogP contribution in [0.15, 0.2) is 48.5 Å². The van der Waals surface area contributed by atoms with E-state index in [0.29, 0.717) is 0 Å². The molecule has 0 atom stereocenters. The summed E-state index contributed by atoms with van der Waals surface area (Å²) in [4.78, 5) is 162. The molecule has 2 aromatic carbocycles. The first-order valence-corrected chi connectivity index (χ1v) is 23.2. The van der Waals surface area contributed by atoms with E-state index in [-0.39, 0.29) is 44.2 Å². The lowest BCUT2D eigenvalue weighted by atomic mass is 9.98. The molecule has 73 heavy (non-hydrogen) atoms. The smallest absolute Gasteiger partial charge is 0.323 e. The number of likely N-dealkylation sites (N-methyl/N-ethyl adjacent to an activating group) is 10. The van der Waals surface area contributed by atoms with Crippen LogP contribution in [-0.2, 0) is 62.3 Å². The Kier molecular flexibility index (Phi) is 22.5. The highest BCUT2D eigenvalue weighted by Crippen LogP contribution is 2.44. The normalized spacial score (nSPS) is 11.2. The Balaban J connectivity index is 1.33. The molecule has 10 amide bonds. The van der Waals surface area contributed by atoms with Crippen molar-refractivity contribution in [1.82, 2.24) is 49.0 Å². The SMILES string of the molecule is CN(CC(=O)O)C(=O)CN(C)C(=O)CN(C)C(=O)CN(C)C(=O)CN(C)C(=O)CN(C)C(=O)CN(C)C(=O)CN(C)C(=O)CN(C)C(=O)CN(C)C(=O)CCCC(=O)OCC1c2ccccc2-c2ccccc21. The number of aliphatic carboxylic acids is 1. The van der Waals surface area contributed by atoms with Gasteiger partial charge in [-0.05, 0) is 28.7 Å². The van der Waals surface area contributed by atoms with Crippen LogP contribution in [0.25, 0.3) is 11.1 Å². The van der Waals surface area contributed by atoms with E-state index < -0.39 is 124 Å². The molecule has 0 saturated carbocycles. The number of carbonyl (C=O) groups excluding carboxylic acids is 11. The van der Waals surface area contributed by atoms with Crippen molar-refractivity contribution in [2.75, 3.05) is 143 Å². The third-order valence-electron chi connectivity index (χ3n) is 12.1. The van der Waals surface area contributed by atoms with Crippen molar-refractivity contribution in [3.63, 3.8) is 0 Å². The van der Waals surface area contributed by atoms with Crippen molar-refractivity contribution in [2.24, 2.45) is 0 Å². The van der Waals surface area contributed by atoms with Gasteiger partial charge in [0.2, 0.25) is 59.1 Å². The summed E-state index contributed by atoms with van der Waals surface area (Å²) in [6.45, 7) is -4.31. The first-order chi connectivity index (χ1) is 34.2. The molecule has 0 spiro atoms. The molecule has 0 saturated heterocycles. The van der Waals surface area contributed by atoms with Gasteiger partial charge in [0.15, 0.2) is 0 Å². The number of hydrogen-bond donors (Lipinski definition) is 1. The molecule has 0 aliphatic heterocycles. The van der Waals surface area contributed by atoms with E-state index in [2.05, 4.69) is 0 Å². The van der Waals surface area contributed by atoms with Gasteiger partial charge in [0.05, 0.1) is 58.9 Å². The second-order valence-corrected chi connectivity index (χ2v) is 18.2. The van der Waals surface area contributed by atoms with Gasteiger partial charge in [0.1, 0.15) is 13.2 Å². The van der Waals surface area contributed by atoms with Gasteiger partial charge in [0, 0.05) is 89.2 Å². The quantitative estimate of drug-likeness (QED) is 0.102. The van der Waals surface area contributed by atoms with Crippen molar-refractivity contribution in [1.29, 1.82) is 0 Å². The molecule has 1 N–H and O–H groups in total. The first-order valence-electron chi connectivity index (χ1n) is 23.2. The van der Waals surface area contributed by atoms with Crippen LogP contribution >= 0.6 is 0 Å². The van der Waals surface area contributed by atoms with Crippen molar-refractivity contribution in [3.05, 3.63) is 59.7 Å². The van der Waals surface area contributed by atoms with E-state index in [4.69, 9.17) is 9.84 Å². The maximum atomic E-state index is 13.0. The molecule has 0 aromatic heterocycles. The Hall–Kier alpha value is -7.92. The Labute approximate surface area is 424 Å². The minimum atomic E-state index is -1.23. The third-order valence-corrected chi connectivity index (χ3v) is 12.1. The van der Waals surface area contributed by atoms with E-state index in [9.17, 15) is 57.5 Å². The summed E-state index contributed by atoms with van der Waals surface area (Å²) in [5.74, 6) is -7.69. The van der Waals surface area contributed by atoms with Gasteiger partial charge in [-0.3, -0.25) is 57.5 Å². The van der Waals surface area contributed by atoms with E-state index in [1.54, 1.807) is 0 Å². The number of carboxylic acid groups (broad SMARTS) is 1. The maximum absolute atomic E-state index is 13.0. The molecule has 398 valence electrons. The summed E-state index contributed by atoms with van der Waals surface area (Å²) in [7, 11) is 13.3. The zero-order chi connectivity index (χ0) is 54.9. The lowest BCUT2D eigenvalue weighted by Gasteiger charge is -2.27. The minimum absolute atomic E-state index is 0.0101. The number of hydrogen-bond acceptors (Lipinski definition) is 13. The van der Waals surface area contributed by atoms with Crippen LogP contribution in [0, 0.1) is 0 Å². The number of rotatable bonds is 26. The van der Waals surface area contributed by atoms with E-state index >= 15 is 0 Å². The predicted octanol–water partition coefficient (Wildman–Crippen LogP) is -1.82. The summed E-state index contributed by atoms with van der Waals surface area (Å²) in [5, 5.41) is 8.85. The van der Waals surface area contributed by atoms with Gasteiger partial charge in [-0.2, -0.15) is 0 Å². The molecule has 3 rings (SSSR count). The van der Waals surface area contributed by atoms with Crippen molar-refractivity contribution in [2.45, 2.75) is 25.2 Å². The molecule has 0 fully saturated rings. The topological polar surface area (TPSA) is 267 Å². The molecule has 1 aliphatic rings. The van der Waals surface area contributed by atoms with E-state index in [0.717, 1.165) is 66.4 Å². The highest BCUT2D eigenvalue weighted by molar-refractivity contribution is 5.94. The molecule has 1 aliphatic carbocycles. The lowest BCUT2D eigenvalue weighted by Crippen LogP contribution is -2.49. The number of benzene rings is 2. The number of carbonyl (C=O) groups is 12. The fourth-order valence-electron chi connectivity index (χ4n) is 7.26. The van der Waals surface area contributed by atoms with Crippen LogP contribution in [0.1, 0.15) is 36.3 Å². The molecular weight excluding hydrogens is 953 g/mol. The number of nitrogens with zero attached hydrogens (tertiary/aromatic N) is 10. The Morgan fingerprint density at radius 2 is 0.616 bits per heavy atom. The number of amides is 10. The van der Waals surface area contributed by atoms with Crippen molar-refractivity contribution < 1.29 is 67.4 Å². The summed E-state index contributed by atoms with van der Waals surface area (Å²) in [5.41, 5.74) is 4.40. The van der Waals surface area contributed by atoms with Gasteiger partial charge in [-0.1, -0.05) is 48.5 Å². The van der Waals surface area contributed by atoms with Gasteiger partial charge in [0.25, 0.3) is 0 Å². The van der Waals surface area contributed by atoms with Crippen molar-refractivity contribution >= 4 is 71.0 Å². The number of carboxylic acids is 1. The van der Waals surface area contributed by atoms with Gasteiger partial charge in [-0.15, -0.1) is 0 Å². The molecule has 0 unspecified atom stereocenters. The average Bonchev–Trinajstić information content (AvgIpc) is 3.65. The Morgan fingerprint density at radius 1 is 0.370 bits per heavy atom. The zero-order valence-electron chi connectivity index (χ0n) is 43.3. The third kappa shape index (κ3) is 18.0. The Morgan fingerprint density at radius 3 is 0.890 bits per heavy atom. The highest BCUT2D eigenvalue weighted by Gasteiger charge is 2.30. The number of ether oxygens (including phenoxy) is 1. The molecule has 2 aromatic rings. The fraction of sp³-hybridized carbons (Fsp3) is 0.510. The largest absolute Gasteiger partial charge is 0.480 e. The van der Waals surface area contributed by atoms with Gasteiger partial charge < -0.3 is 58.8 Å². The maximum Gasteiger partial charge on any atom is 0.323 e. The van der Waals surface area contributed by atoms with Crippen LogP contribution in [0.5, 0.6) is 0 Å². The molecular formula is C49H68N10O14. The fourth-order valence-corrected chi connectivity index (χ4v) is 7.26. The predicted molar refractivity (Wildman–Crippen MR) is 263 cm³/mol. The van der Waals surface area contributed by atoms with Crippen LogP contribution in [0.4, 0.5) is 0 Å². The summed E-state index contributed by atoms with van der Waals surface area (Å²) in [6, 6.07) is 16.0. The zero-order valence-corrected chi connectivity index (χ0v) is 43.3. The monoisotopic (exact) mass is 1020 g/mol. The average molecular weight is 1020 g/mol. The summed E-state index contributed by atoms with van der Waals surface area (Å²) < 4.78 is 5.62. The van der Waals surface area contributed by atoms with Gasteiger partial charge >= 0.3 is 11.9 Å². The highest BCUT2D eigenvalue weighted by atomic mass is 16.5. The Bertz CT molecular complexity index is 2370. The van der Waals surface area contributed by atoms with Gasteiger partial charge in [-0.25, -0.2) is 0 Å². The summed E-state index contributed by atoms with van der Waals surface area (Å²) >= 11 is 0. The van der Waals surface area contributed by atoms with Crippen LogP contribution in [0.3, 0.4) is 0 Å². The van der Waals surface area contributed by atoms with Crippen LogP contribution in [0.2, 0.25) is 0 Å². The van der Waals surface area contributed by atoms with Crippen molar-refractivity contribution in [3.8, 4) is 11.1 Å². The minimum Gasteiger partial charge on any atom is -0.480 e. The number of esters is 1. The van der Waals surface area contributed by atoms with E-state index in [1.165, 1.54) is 75.4 Å². The van der Waals surface area contributed by atoms with E-state index in [1.807, 2.05) is 48.5 Å². The molecule has 0 bridgehead atoms. The number of fused-ring (bicyclic) bond motifs is 3. The molecule has 0 heterocycles. The second kappa shape index (κ2) is 27.6. The molecule has 24 heteroatoms. The lowest BCUT2D eigenvalue weighted by molar-refractivity contribution is -0.147. The molecule has 24 nitrogen and oxygen atoms in total. The standard InChI is InChI=1S/C49H68N10O14/c1-50(38(60)20-15-21-49(72)73-32-37-35-18-13-11-16-33(35)34-17-12-14-19-36(34)37)22-39(61)51(2)23-40(62)52(3)24-41(63)53(4)25-42(64)54(5)26-43(65)55(6)27-44(66)56(7)28-45(67)57(8)29-46(68)58(9)30-47(69)59(10)31-48(70)71/h11-14,16-19,37H,15,20-32H2,1-10H3,(H,70,71).